The summed E-state index contributed by atoms with van der Waals surface area (Å²) >= 11 is 0. The number of H-pyrrole nitrogens is 1. The van der Waals surface area contributed by atoms with Gasteiger partial charge in [0.05, 0.1) is 22.4 Å². The van der Waals surface area contributed by atoms with Crippen LogP contribution < -0.4 is 16.0 Å². The highest BCUT2D eigenvalue weighted by Crippen LogP contribution is 2.27. The first-order chi connectivity index (χ1) is 15.2. The van der Waals surface area contributed by atoms with Gasteiger partial charge in [-0.05, 0) is 44.0 Å². The minimum absolute atomic E-state index is 0.0339. The summed E-state index contributed by atoms with van der Waals surface area (Å²) in [6.45, 7) is 3.82. The van der Waals surface area contributed by atoms with Gasteiger partial charge in [0.15, 0.2) is 5.65 Å². The highest BCUT2D eigenvalue weighted by Gasteiger charge is 2.27. The van der Waals surface area contributed by atoms with Crippen LogP contribution in [0.4, 0.5) is 0 Å². The molecule has 4 aromatic rings. The molecule has 0 spiro atoms. The maximum Gasteiger partial charge on any atom is 0.259 e. The lowest BCUT2D eigenvalue weighted by molar-refractivity contribution is -0.118. The van der Waals surface area contributed by atoms with Crippen molar-refractivity contribution >= 4 is 32.3 Å². The van der Waals surface area contributed by atoms with Gasteiger partial charge in [0.2, 0.25) is 20.8 Å². The normalized spacial score (nSPS) is 11.8. The first kappa shape index (κ1) is 21.5. The van der Waals surface area contributed by atoms with Crippen molar-refractivity contribution in [2.24, 2.45) is 5.73 Å². The van der Waals surface area contributed by atoms with E-state index in [-0.39, 0.29) is 28.6 Å². The van der Waals surface area contributed by atoms with E-state index in [1.807, 2.05) is 6.92 Å². The third-order valence-electron chi connectivity index (χ3n) is 5.02. The molecule has 0 aliphatic carbocycles. The monoisotopic (exact) mass is 455 g/mol. The molecular weight excluding hydrogens is 434 g/mol. The van der Waals surface area contributed by atoms with Crippen LogP contribution in [0.2, 0.25) is 0 Å². The van der Waals surface area contributed by atoms with E-state index in [0.717, 1.165) is 5.56 Å². The molecule has 32 heavy (non-hydrogen) atoms. The Kier molecular flexibility index (Phi) is 5.43. The van der Waals surface area contributed by atoms with E-state index < -0.39 is 21.3 Å². The van der Waals surface area contributed by atoms with E-state index in [9.17, 15) is 18.0 Å². The van der Waals surface area contributed by atoms with Crippen molar-refractivity contribution in [3.8, 4) is 5.75 Å². The molecule has 4 rings (SSSR count). The molecule has 0 bridgehead atoms. The predicted octanol–water partition coefficient (Wildman–Crippen LogP) is 1.66. The van der Waals surface area contributed by atoms with Crippen LogP contribution in [0.3, 0.4) is 0 Å². The first-order valence-electron chi connectivity index (χ1n) is 9.83. The Labute approximate surface area is 182 Å². The second-order valence-corrected chi connectivity index (χ2v) is 9.31. The van der Waals surface area contributed by atoms with Gasteiger partial charge in [-0.3, -0.25) is 9.59 Å². The van der Waals surface area contributed by atoms with Gasteiger partial charge in [-0.1, -0.05) is 22.9 Å². The number of fused-ring (bicyclic) bond motifs is 3. The molecule has 0 fully saturated rings. The fraction of sp³-hybridized carbons (Fsp3) is 0.238. The fourth-order valence-corrected chi connectivity index (χ4v) is 4.98. The zero-order valence-electron chi connectivity index (χ0n) is 17.5. The van der Waals surface area contributed by atoms with E-state index >= 15 is 0 Å². The number of primary amides is 1. The van der Waals surface area contributed by atoms with Crippen molar-refractivity contribution < 1.29 is 17.9 Å². The van der Waals surface area contributed by atoms with Crippen LogP contribution in [0.5, 0.6) is 5.75 Å². The van der Waals surface area contributed by atoms with Crippen LogP contribution in [0.1, 0.15) is 24.0 Å². The molecule has 0 aliphatic rings. The van der Waals surface area contributed by atoms with Crippen LogP contribution in [-0.2, 0) is 14.6 Å². The lowest BCUT2D eigenvalue weighted by atomic mass is 10.2. The van der Waals surface area contributed by atoms with Gasteiger partial charge in [0.25, 0.3) is 5.56 Å². The number of rotatable bonds is 7. The Balaban J connectivity index is 1.81. The Hall–Kier alpha value is -3.73. The number of carbonyl (C=O) groups is 1. The summed E-state index contributed by atoms with van der Waals surface area (Å²) < 4.78 is 33.5. The first-order valence-corrected chi connectivity index (χ1v) is 11.3. The summed E-state index contributed by atoms with van der Waals surface area (Å²) in [7, 11) is -4.03. The number of carbonyl (C=O) groups excluding carboxylic acids is 1. The highest BCUT2D eigenvalue weighted by molar-refractivity contribution is 7.91. The van der Waals surface area contributed by atoms with Crippen LogP contribution >= 0.6 is 0 Å². The molecule has 0 saturated carbocycles. The maximum absolute atomic E-state index is 13.3. The Morgan fingerprint density at radius 3 is 2.69 bits per heavy atom. The van der Waals surface area contributed by atoms with Gasteiger partial charge < -0.3 is 15.5 Å². The number of benzene rings is 2. The van der Waals surface area contributed by atoms with Gasteiger partial charge in [-0.15, -0.1) is 5.10 Å². The quantitative estimate of drug-likeness (QED) is 0.402. The van der Waals surface area contributed by atoms with Crippen LogP contribution in [0.25, 0.3) is 16.6 Å². The van der Waals surface area contributed by atoms with Gasteiger partial charge >= 0.3 is 0 Å². The molecule has 11 heteroatoms. The third kappa shape index (κ3) is 3.82. The lowest BCUT2D eigenvalue weighted by Crippen LogP contribution is -2.13. The topological polar surface area (TPSA) is 150 Å². The molecule has 0 unspecified atom stereocenters. The van der Waals surface area contributed by atoms with Crippen molar-refractivity contribution in [1.82, 2.24) is 19.8 Å². The number of ether oxygens (including phenoxy) is 1. The van der Waals surface area contributed by atoms with Crippen molar-refractivity contribution in [1.29, 1.82) is 0 Å². The van der Waals surface area contributed by atoms with Gasteiger partial charge in [-0.2, -0.15) is 4.52 Å². The summed E-state index contributed by atoms with van der Waals surface area (Å²) in [4.78, 5) is 26.2. The number of aryl methyl sites for hydroxylation is 2. The number of aromatic amines is 1. The van der Waals surface area contributed by atoms with Crippen molar-refractivity contribution in [2.45, 2.75) is 36.6 Å². The number of sulfone groups is 1. The average molecular weight is 455 g/mol. The van der Waals surface area contributed by atoms with E-state index in [0.29, 0.717) is 28.6 Å². The molecule has 1 amide bonds. The van der Waals surface area contributed by atoms with Crippen molar-refractivity contribution in [3.05, 3.63) is 57.9 Å². The minimum Gasteiger partial charge on any atom is -0.494 e. The van der Waals surface area contributed by atoms with Gasteiger partial charge in [-0.25, -0.2) is 8.42 Å². The number of amides is 1. The summed E-state index contributed by atoms with van der Waals surface area (Å²) in [5.41, 5.74) is 6.44. The molecule has 10 nitrogen and oxygen atoms in total. The zero-order valence-corrected chi connectivity index (χ0v) is 18.3. The SMILES string of the molecule is Cc1ccc(S(=O)(=O)c2nnn3c2[nH]c(=O)c2ccc(OCCCC(N)=O)cc23)c(C)c1. The number of nitrogens with zero attached hydrogens (tertiary/aromatic N) is 3. The molecule has 2 aromatic heterocycles. The second-order valence-electron chi connectivity index (χ2n) is 7.48. The average Bonchev–Trinajstić information content (AvgIpc) is 3.15. The van der Waals surface area contributed by atoms with Crippen LogP contribution in [-0.4, -0.2) is 40.7 Å². The summed E-state index contributed by atoms with van der Waals surface area (Å²) in [5.74, 6) is 0.0173. The largest absolute Gasteiger partial charge is 0.494 e. The van der Waals surface area contributed by atoms with E-state index in [4.69, 9.17) is 10.5 Å². The fourth-order valence-electron chi connectivity index (χ4n) is 3.51. The standard InChI is InChI=1S/C21H21N5O5S/c1-12-5-8-17(13(2)10-12)32(29,30)21-19-23-20(28)15-7-6-14(31-9-3-4-18(22)27)11-16(15)26(19)25-24-21/h5-8,10-11H,3-4,9H2,1-2H3,(H2,22,27)(H,23,28). The van der Waals surface area contributed by atoms with Crippen LogP contribution in [0.15, 0.2) is 51.1 Å². The molecule has 2 aromatic carbocycles. The van der Waals surface area contributed by atoms with E-state index in [1.54, 1.807) is 37.3 Å². The second kappa shape index (κ2) is 8.08. The molecule has 3 N–H and O–H groups in total. The number of aromatic nitrogens is 4. The Morgan fingerprint density at radius 2 is 1.97 bits per heavy atom. The number of nitrogens with two attached hydrogens (primary N) is 1. The minimum atomic E-state index is -4.03. The van der Waals surface area contributed by atoms with E-state index in [2.05, 4.69) is 15.3 Å². The van der Waals surface area contributed by atoms with E-state index in [1.165, 1.54) is 10.6 Å². The van der Waals surface area contributed by atoms with Crippen LogP contribution in [0, 0.1) is 13.8 Å². The summed E-state index contributed by atoms with van der Waals surface area (Å²) in [6, 6.07) is 9.71. The lowest BCUT2D eigenvalue weighted by Gasteiger charge is -2.08. The molecule has 166 valence electrons. The predicted molar refractivity (Wildman–Crippen MR) is 116 cm³/mol. The Bertz CT molecular complexity index is 1520. The van der Waals surface area contributed by atoms with Gasteiger partial charge in [0.1, 0.15) is 5.75 Å². The maximum atomic E-state index is 13.3. The van der Waals surface area contributed by atoms with Crippen molar-refractivity contribution in [3.63, 3.8) is 0 Å². The molecule has 0 atom stereocenters. The number of hydrogen-bond acceptors (Lipinski definition) is 7. The zero-order chi connectivity index (χ0) is 23.0. The van der Waals surface area contributed by atoms with Gasteiger partial charge in [0, 0.05) is 12.5 Å². The molecule has 2 heterocycles. The number of hydrogen-bond donors (Lipinski definition) is 2. The summed E-state index contributed by atoms with van der Waals surface area (Å²) in [6.07, 6.45) is 0.639. The Morgan fingerprint density at radius 1 is 1.19 bits per heavy atom. The molecule has 0 aliphatic heterocycles. The third-order valence-corrected chi connectivity index (χ3v) is 6.85. The molecule has 0 saturated heterocycles. The molecule has 0 radical (unpaired) electrons. The van der Waals surface area contributed by atoms with Crippen molar-refractivity contribution in [2.75, 3.05) is 6.61 Å². The smallest absolute Gasteiger partial charge is 0.259 e. The number of nitrogens with one attached hydrogen (secondary N) is 1. The molecular formula is C21H21N5O5S. The summed E-state index contributed by atoms with van der Waals surface area (Å²) in [5, 5.41) is 7.83. The highest BCUT2D eigenvalue weighted by atomic mass is 32.2.